The van der Waals surface area contributed by atoms with Crippen molar-refractivity contribution in [2.45, 2.75) is 52.4 Å². The Bertz CT molecular complexity index is 682. The third kappa shape index (κ3) is 7.31. The molecular formula is C22H35FN4O2. The zero-order valence-corrected chi connectivity index (χ0v) is 17.7. The number of rotatable bonds is 9. The maximum Gasteiger partial charge on any atom is 0.251 e. The highest BCUT2D eigenvalue weighted by molar-refractivity contribution is 5.94. The second kappa shape index (κ2) is 11.8. The summed E-state index contributed by atoms with van der Waals surface area (Å²) in [5.41, 5.74) is 0.933. The molecule has 0 unspecified atom stereocenters. The van der Waals surface area contributed by atoms with Crippen molar-refractivity contribution in [1.82, 2.24) is 16.0 Å². The molecule has 0 saturated heterocycles. The molecule has 29 heavy (non-hydrogen) atoms. The largest absolute Gasteiger partial charge is 0.396 e. The number of aliphatic imine (C=N–C) groups is 1. The first-order valence-electron chi connectivity index (χ1n) is 10.7. The number of benzene rings is 1. The predicted molar refractivity (Wildman–Crippen MR) is 115 cm³/mol. The maximum atomic E-state index is 13.6. The van der Waals surface area contributed by atoms with Gasteiger partial charge >= 0.3 is 0 Å². The van der Waals surface area contributed by atoms with Crippen LogP contribution < -0.4 is 16.0 Å². The average molecular weight is 407 g/mol. The summed E-state index contributed by atoms with van der Waals surface area (Å²) in [5, 5.41) is 18.7. The second-order valence-electron chi connectivity index (χ2n) is 7.88. The van der Waals surface area contributed by atoms with Crippen LogP contribution in [-0.4, -0.2) is 49.8 Å². The van der Waals surface area contributed by atoms with E-state index in [1.807, 2.05) is 6.92 Å². The second-order valence-corrected chi connectivity index (χ2v) is 7.88. The van der Waals surface area contributed by atoms with E-state index in [4.69, 9.17) is 4.99 Å². The molecule has 0 spiro atoms. The smallest absolute Gasteiger partial charge is 0.251 e. The molecule has 1 aromatic carbocycles. The first-order valence-corrected chi connectivity index (χ1v) is 10.7. The predicted octanol–water partition coefficient (Wildman–Crippen LogP) is 2.75. The molecule has 1 fully saturated rings. The number of hydrogen-bond acceptors (Lipinski definition) is 3. The van der Waals surface area contributed by atoms with Gasteiger partial charge in [0, 0.05) is 38.3 Å². The number of hydrogen-bond donors (Lipinski definition) is 4. The molecule has 0 bridgehead atoms. The highest BCUT2D eigenvalue weighted by atomic mass is 19.1. The molecule has 1 saturated carbocycles. The van der Waals surface area contributed by atoms with Gasteiger partial charge < -0.3 is 21.1 Å². The Morgan fingerprint density at radius 3 is 2.55 bits per heavy atom. The van der Waals surface area contributed by atoms with Crippen molar-refractivity contribution in [3.63, 3.8) is 0 Å². The van der Waals surface area contributed by atoms with E-state index in [0.717, 1.165) is 25.8 Å². The van der Waals surface area contributed by atoms with Crippen LogP contribution in [-0.2, 0) is 0 Å². The van der Waals surface area contributed by atoms with Gasteiger partial charge in [0.15, 0.2) is 5.96 Å². The average Bonchev–Trinajstić information content (AvgIpc) is 2.72. The van der Waals surface area contributed by atoms with Gasteiger partial charge in [-0.05, 0) is 56.2 Å². The monoisotopic (exact) mass is 406 g/mol. The van der Waals surface area contributed by atoms with Crippen molar-refractivity contribution in [2.75, 3.05) is 32.8 Å². The number of nitrogens with zero attached hydrogens (tertiary/aromatic N) is 1. The number of nitrogens with one attached hydrogen (secondary N) is 3. The summed E-state index contributed by atoms with van der Waals surface area (Å²) in [5.74, 6) is 0.0413. The lowest BCUT2D eigenvalue weighted by molar-refractivity contribution is 0.0954. The minimum atomic E-state index is -0.378. The van der Waals surface area contributed by atoms with Crippen LogP contribution in [0.5, 0.6) is 0 Å². The van der Waals surface area contributed by atoms with Crippen molar-refractivity contribution >= 4 is 11.9 Å². The minimum absolute atomic E-state index is 0.0963. The third-order valence-electron chi connectivity index (χ3n) is 5.61. The topological polar surface area (TPSA) is 85.8 Å². The Labute approximate surface area is 173 Å². The summed E-state index contributed by atoms with van der Waals surface area (Å²) in [6, 6.07) is 4.48. The Morgan fingerprint density at radius 2 is 1.90 bits per heavy atom. The van der Waals surface area contributed by atoms with E-state index in [1.54, 1.807) is 19.1 Å². The fourth-order valence-corrected chi connectivity index (χ4v) is 3.81. The lowest BCUT2D eigenvalue weighted by Crippen LogP contribution is -2.42. The molecule has 1 amide bonds. The zero-order chi connectivity index (χ0) is 21.1. The first kappa shape index (κ1) is 23.1. The summed E-state index contributed by atoms with van der Waals surface area (Å²) in [6.45, 7) is 6.23. The fraction of sp³-hybridized carbons (Fsp3) is 0.636. The number of amides is 1. The van der Waals surface area contributed by atoms with Crippen molar-refractivity contribution in [3.8, 4) is 0 Å². The van der Waals surface area contributed by atoms with E-state index in [-0.39, 0.29) is 23.7 Å². The number of aryl methyl sites for hydroxylation is 1. The molecule has 0 atom stereocenters. The Balaban J connectivity index is 1.84. The summed E-state index contributed by atoms with van der Waals surface area (Å²) in [4.78, 5) is 16.9. The quantitative estimate of drug-likeness (QED) is 0.289. The molecule has 1 aliphatic rings. The number of carbonyl (C=O) groups is 1. The Morgan fingerprint density at radius 1 is 1.17 bits per heavy atom. The number of aliphatic hydroxyl groups is 1. The standard InChI is InChI=1S/C22H35FN4O2/c1-3-24-21(27-16-22(11-14-28)9-5-4-6-10-22)26-13-12-25-20(29)18-8-7-17(2)19(23)15-18/h7-8,15,28H,3-6,9-14,16H2,1-2H3,(H,25,29)(H2,24,26,27). The number of halogens is 1. The van der Waals surface area contributed by atoms with Gasteiger partial charge in [-0.3, -0.25) is 9.79 Å². The summed E-state index contributed by atoms with van der Waals surface area (Å²) < 4.78 is 13.6. The van der Waals surface area contributed by atoms with E-state index in [9.17, 15) is 14.3 Å². The molecule has 2 rings (SSSR count). The summed E-state index contributed by atoms with van der Waals surface area (Å²) >= 11 is 0. The lowest BCUT2D eigenvalue weighted by Gasteiger charge is -2.35. The molecule has 4 N–H and O–H groups in total. The van der Waals surface area contributed by atoms with Crippen molar-refractivity contribution in [3.05, 3.63) is 35.1 Å². The van der Waals surface area contributed by atoms with Crippen molar-refractivity contribution in [1.29, 1.82) is 0 Å². The molecule has 162 valence electrons. The van der Waals surface area contributed by atoms with Gasteiger partial charge in [-0.1, -0.05) is 25.3 Å². The summed E-state index contributed by atoms with van der Waals surface area (Å²) in [7, 11) is 0. The van der Waals surface area contributed by atoms with Crippen LogP contribution in [0, 0.1) is 18.2 Å². The van der Waals surface area contributed by atoms with Gasteiger partial charge in [-0.2, -0.15) is 0 Å². The highest BCUT2D eigenvalue weighted by Crippen LogP contribution is 2.39. The number of guanidine groups is 1. The Hall–Kier alpha value is -2.15. The SMILES string of the molecule is CCNC(=NCC1(CCO)CCCCC1)NCCNC(=O)c1ccc(C)c(F)c1. The molecule has 0 aliphatic heterocycles. The molecule has 0 aromatic heterocycles. The van der Waals surface area contributed by atoms with Crippen LogP contribution in [0.3, 0.4) is 0 Å². The highest BCUT2D eigenvalue weighted by Gasteiger charge is 2.31. The molecule has 1 aromatic rings. The van der Waals surface area contributed by atoms with E-state index < -0.39 is 0 Å². The van der Waals surface area contributed by atoms with E-state index >= 15 is 0 Å². The van der Waals surface area contributed by atoms with Crippen LogP contribution in [0.1, 0.15) is 61.4 Å². The van der Waals surface area contributed by atoms with Crippen LogP contribution in [0.4, 0.5) is 4.39 Å². The van der Waals surface area contributed by atoms with Crippen molar-refractivity contribution < 1.29 is 14.3 Å². The van der Waals surface area contributed by atoms with Gasteiger partial charge in [0.25, 0.3) is 5.91 Å². The lowest BCUT2D eigenvalue weighted by atomic mass is 9.72. The minimum Gasteiger partial charge on any atom is -0.396 e. The van der Waals surface area contributed by atoms with Crippen LogP contribution in [0.25, 0.3) is 0 Å². The zero-order valence-electron chi connectivity index (χ0n) is 17.7. The molecular weight excluding hydrogens is 371 g/mol. The van der Waals surface area contributed by atoms with Gasteiger partial charge in [-0.15, -0.1) is 0 Å². The molecule has 6 nitrogen and oxygen atoms in total. The van der Waals surface area contributed by atoms with Gasteiger partial charge in [0.1, 0.15) is 5.82 Å². The summed E-state index contributed by atoms with van der Waals surface area (Å²) in [6.07, 6.45) is 6.67. The van der Waals surface area contributed by atoms with Gasteiger partial charge in [0.05, 0.1) is 0 Å². The van der Waals surface area contributed by atoms with Crippen LogP contribution in [0.15, 0.2) is 23.2 Å². The van der Waals surface area contributed by atoms with E-state index in [2.05, 4.69) is 16.0 Å². The first-order chi connectivity index (χ1) is 14.0. The van der Waals surface area contributed by atoms with Crippen LogP contribution >= 0.6 is 0 Å². The van der Waals surface area contributed by atoms with Gasteiger partial charge in [-0.25, -0.2) is 4.39 Å². The van der Waals surface area contributed by atoms with Gasteiger partial charge in [0.2, 0.25) is 0 Å². The normalized spacial score (nSPS) is 16.3. The van der Waals surface area contributed by atoms with E-state index in [1.165, 1.54) is 25.3 Å². The third-order valence-corrected chi connectivity index (χ3v) is 5.61. The fourth-order valence-electron chi connectivity index (χ4n) is 3.81. The van der Waals surface area contributed by atoms with E-state index in [0.29, 0.717) is 36.7 Å². The Kier molecular flexibility index (Phi) is 9.38. The van der Waals surface area contributed by atoms with Crippen LogP contribution in [0.2, 0.25) is 0 Å². The number of aliphatic hydroxyl groups excluding tert-OH is 1. The maximum absolute atomic E-state index is 13.6. The molecule has 0 heterocycles. The molecule has 1 aliphatic carbocycles. The molecule has 7 heteroatoms. The van der Waals surface area contributed by atoms with Crippen molar-refractivity contribution in [2.24, 2.45) is 10.4 Å². The molecule has 0 radical (unpaired) electrons. The number of carbonyl (C=O) groups excluding carboxylic acids is 1.